The monoisotopic (exact) mass is 503 g/mol. The van der Waals surface area contributed by atoms with Gasteiger partial charge < -0.3 is 14.6 Å². The number of esters is 1. The van der Waals surface area contributed by atoms with Crippen molar-refractivity contribution in [2.75, 3.05) is 10.0 Å². The first-order valence-corrected chi connectivity index (χ1v) is 13.2. The lowest BCUT2D eigenvalue weighted by atomic mass is 9.99. The maximum atomic E-state index is 12.7. The van der Waals surface area contributed by atoms with E-state index in [0.717, 1.165) is 25.7 Å². The summed E-state index contributed by atoms with van der Waals surface area (Å²) in [5.41, 5.74) is 1.58. The summed E-state index contributed by atoms with van der Waals surface area (Å²) in [5.74, 6) is -0.435. The lowest BCUT2D eigenvalue weighted by Gasteiger charge is -2.16. The molecule has 11 heteroatoms. The van der Waals surface area contributed by atoms with Gasteiger partial charge in [0.05, 0.1) is 4.90 Å². The van der Waals surface area contributed by atoms with Gasteiger partial charge in [0.2, 0.25) is 0 Å². The van der Waals surface area contributed by atoms with Gasteiger partial charge in [-0.3, -0.25) is 9.52 Å². The van der Waals surface area contributed by atoms with Gasteiger partial charge in [-0.05, 0) is 74.9 Å². The van der Waals surface area contributed by atoms with Gasteiger partial charge in [0.15, 0.2) is 11.9 Å². The molecule has 180 valence electrons. The van der Waals surface area contributed by atoms with E-state index < -0.39 is 28.0 Å². The van der Waals surface area contributed by atoms with E-state index in [0.29, 0.717) is 22.7 Å². The molecular weight excluding hydrogens is 478 g/mol. The zero-order chi connectivity index (χ0) is 24.3. The van der Waals surface area contributed by atoms with Crippen LogP contribution in [0, 0.1) is 6.92 Å². The first-order chi connectivity index (χ1) is 16.2. The third kappa shape index (κ3) is 5.48. The molecule has 34 heavy (non-hydrogen) atoms. The molecule has 1 aromatic carbocycles. The van der Waals surface area contributed by atoms with Crippen LogP contribution in [-0.4, -0.2) is 31.6 Å². The van der Waals surface area contributed by atoms with E-state index in [-0.39, 0.29) is 10.7 Å². The van der Waals surface area contributed by atoms with Gasteiger partial charge >= 0.3 is 5.97 Å². The summed E-state index contributed by atoms with van der Waals surface area (Å²) in [5, 5.41) is 6.29. The molecule has 1 atom stereocenters. The van der Waals surface area contributed by atoms with Crippen molar-refractivity contribution in [2.24, 2.45) is 0 Å². The predicted octanol–water partition coefficient (Wildman–Crippen LogP) is 4.30. The number of amides is 1. The molecule has 0 saturated heterocycles. The molecule has 3 aromatic rings. The summed E-state index contributed by atoms with van der Waals surface area (Å²) >= 11 is 1.44. The van der Waals surface area contributed by atoms with E-state index in [1.54, 1.807) is 13.8 Å². The number of carbonyl (C=O) groups excluding carboxylic acids is 2. The zero-order valence-electron chi connectivity index (χ0n) is 18.8. The quantitative estimate of drug-likeness (QED) is 0.439. The molecule has 1 aliphatic rings. The van der Waals surface area contributed by atoms with Crippen LogP contribution in [-0.2, 0) is 32.4 Å². The Morgan fingerprint density at radius 3 is 2.56 bits per heavy atom. The van der Waals surface area contributed by atoms with E-state index in [1.165, 1.54) is 52.1 Å². The molecule has 0 radical (unpaired) electrons. The van der Waals surface area contributed by atoms with Crippen molar-refractivity contribution in [3.8, 4) is 0 Å². The highest BCUT2D eigenvalue weighted by Gasteiger charge is 2.25. The van der Waals surface area contributed by atoms with Gasteiger partial charge in [0.1, 0.15) is 10.6 Å². The van der Waals surface area contributed by atoms with E-state index in [2.05, 4.69) is 15.2 Å². The van der Waals surface area contributed by atoms with E-state index in [9.17, 15) is 18.0 Å². The second-order valence-electron chi connectivity index (χ2n) is 8.01. The number of ether oxygens (including phenoxy) is 1. The Hall–Kier alpha value is -3.18. The summed E-state index contributed by atoms with van der Waals surface area (Å²) in [6.45, 7) is 3.40. The van der Waals surface area contributed by atoms with Crippen LogP contribution >= 0.6 is 11.3 Å². The molecule has 2 N–H and O–H groups in total. The summed E-state index contributed by atoms with van der Waals surface area (Å²) in [6, 6.07) is 8.97. The number of nitrogens with one attached hydrogen (secondary N) is 2. The number of carbonyl (C=O) groups is 2. The van der Waals surface area contributed by atoms with Crippen molar-refractivity contribution in [3.63, 3.8) is 0 Å². The molecular formula is C23H25N3O6S2. The van der Waals surface area contributed by atoms with Crippen molar-refractivity contribution in [3.05, 3.63) is 57.5 Å². The standard InChI is InChI=1S/C23H25N3O6S2/c1-3-18(31-23(28)20-13-15-6-4-5-7-19(15)33-20)22(27)24-16-8-10-17(11-9-16)34(29,30)26-21-12-14(2)32-25-21/h8-13,18H,3-7H2,1-2H3,(H,24,27)(H,25,26). The topological polar surface area (TPSA) is 128 Å². The minimum atomic E-state index is -3.87. The van der Waals surface area contributed by atoms with Gasteiger partial charge in [0.25, 0.3) is 15.9 Å². The Bertz CT molecular complexity index is 1270. The van der Waals surface area contributed by atoms with Gasteiger partial charge in [0, 0.05) is 16.6 Å². The Balaban J connectivity index is 1.38. The molecule has 1 amide bonds. The number of hydrogen-bond donors (Lipinski definition) is 2. The van der Waals surface area contributed by atoms with E-state index in [4.69, 9.17) is 9.26 Å². The maximum absolute atomic E-state index is 12.7. The van der Waals surface area contributed by atoms with Crippen LogP contribution in [0.5, 0.6) is 0 Å². The summed E-state index contributed by atoms with van der Waals surface area (Å²) < 4.78 is 37.6. The number of benzene rings is 1. The van der Waals surface area contributed by atoms with Gasteiger partial charge in [-0.15, -0.1) is 11.3 Å². The van der Waals surface area contributed by atoms with Crippen LogP contribution in [0.1, 0.15) is 52.1 Å². The maximum Gasteiger partial charge on any atom is 0.349 e. The van der Waals surface area contributed by atoms with E-state index in [1.807, 2.05) is 6.07 Å². The summed E-state index contributed by atoms with van der Waals surface area (Å²) in [4.78, 5) is 27.0. The molecule has 0 aliphatic heterocycles. The predicted molar refractivity (Wildman–Crippen MR) is 128 cm³/mol. The van der Waals surface area contributed by atoms with Crippen LogP contribution < -0.4 is 10.0 Å². The highest BCUT2D eigenvalue weighted by molar-refractivity contribution is 7.92. The highest BCUT2D eigenvalue weighted by Crippen LogP contribution is 2.30. The van der Waals surface area contributed by atoms with Crippen LogP contribution in [0.3, 0.4) is 0 Å². The molecule has 0 saturated carbocycles. The second kappa shape index (κ2) is 9.98. The van der Waals surface area contributed by atoms with Crippen LogP contribution in [0.25, 0.3) is 0 Å². The fraction of sp³-hybridized carbons (Fsp3) is 0.348. The number of aryl methyl sites for hydroxylation is 3. The first-order valence-electron chi connectivity index (χ1n) is 10.9. The summed E-state index contributed by atoms with van der Waals surface area (Å²) in [7, 11) is -3.87. The number of nitrogens with zero attached hydrogens (tertiary/aromatic N) is 1. The Kier molecular flexibility index (Phi) is 7.03. The molecule has 0 spiro atoms. The highest BCUT2D eigenvalue weighted by atomic mass is 32.2. The molecule has 4 rings (SSSR count). The minimum absolute atomic E-state index is 0.00807. The van der Waals surface area contributed by atoms with E-state index >= 15 is 0 Å². The number of thiophene rings is 1. The fourth-order valence-electron chi connectivity index (χ4n) is 3.65. The molecule has 9 nitrogen and oxygen atoms in total. The normalized spacial score (nSPS) is 14.2. The summed E-state index contributed by atoms with van der Waals surface area (Å²) in [6.07, 6.45) is 3.52. The average molecular weight is 504 g/mol. The van der Waals surface area contributed by atoms with Crippen molar-refractivity contribution in [1.82, 2.24) is 5.16 Å². The largest absolute Gasteiger partial charge is 0.448 e. The lowest BCUT2D eigenvalue weighted by Crippen LogP contribution is -2.31. The third-order valence-electron chi connectivity index (χ3n) is 5.41. The molecule has 2 heterocycles. The Morgan fingerprint density at radius 2 is 1.91 bits per heavy atom. The fourth-order valence-corrected chi connectivity index (χ4v) is 5.77. The number of fused-ring (bicyclic) bond motifs is 1. The number of aromatic nitrogens is 1. The van der Waals surface area contributed by atoms with Crippen molar-refractivity contribution >= 4 is 44.7 Å². The number of sulfonamides is 1. The molecule has 0 bridgehead atoms. The Morgan fingerprint density at radius 1 is 1.18 bits per heavy atom. The minimum Gasteiger partial charge on any atom is -0.448 e. The zero-order valence-corrected chi connectivity index (χ0v) is 20.4. The third-order valence-corrected chi connectivity index (χ3v) is 8.00. The van der Waals surface area contributed by atoms with Crippen molar-refractivity contribution < 1.29 is 27.3 Å². The molecule has 1 aliphatic carbocycles. The molecule has 2 aromatic heterocycles. The van der Waals surface area contributed by atoms with Crippen LogP contribution in [0.2, 0.25) is 0 Å². The van der Waals surface area contributed by atoms with Gasteiger partial charge in [-0.2, -0.15) is 0 Å². The van der Waals surface area contributed by atoms with Crippen LogP contribution in [0.15, 0.2) is 45.8 Å². The lowest BCUT2D eigenvalue weighted by molar-refractivity contribution is -0.124. The number of rotatable bonds is 8. The number of anilines is 2. The van der Waals surface area contributed by atoms with Gasteiger partial charge in [-0.1, -0.05) is 12.1 Å². The van der Waals surface area contributed by atoms with Crippen molar-refractivity contribution in [2.45, 2.75) is 57.0 Å². The second-order valence-corrected chi connectivity index (χ2v) is 10.8. The van der Waals surface area contributed by atoms with Gasteiger partial charge in [-0.25, -0.2) is 13.2 Å². The molecule has 1 unspecified atom stereocenters. The number of hydrogen-bond acceptors (Lipinski definition) is 8. The van der Waals surface area contributed by atoms with Crippen LogP contribution in [0.4, 0.5) is 11.5 Å². The smallest absolute Gasteiger partial charge is 0.349 e. The average Bonchev–Trinajstić information content (AvgIpc) is 3.43. The van der Waals surface area contributed by atoms with Crippen molar-refractivity contribution in [1.29, 1.82) is 0 Å². The SMILES string of the molecule is CCC(OC(=O)c1cc2c(s1)CCCC2)C(=O)Nc1ccc(S(=O)(=O)Nc2cc(C)on2)cc1. The molecule has 0 fully saturated rings. The Labute approximate surface area is 201 Å². The first kappa shape index (κ1) is 24.0.